The van der Waals surface area contributed by atoms with Crippen molar-refractivity contribution < 1.29 is 9.47 Å². The lowest BCUT2D eigenvalue weighted by Gasteiger charge is -2.17. The number of aromatic nitrogens is 3. The predicted molar refractivity (Wildman–Crippen MR) is 119 cm³/mol. The molecule has 3 aromatic heterocycles. The Balaban J connectivity index is 2.21. The number of methoxy groups -OCH3 is 2. The maximum atomic E-state index is 5.76. The van der Waals surface area contributed by atoms with Gasteiger partial charge in [0, 0.05) is 37.2 Å². The van der Waals surface area contributed by atoms with Crippen molar-refractivity contribution in [1.29, 1.82) is 0 Å². The molecule has 1 unspecified atom stereocenters. The van der Waals surface area contributed by atoms with E-state index in [-0.39, 0.29) is 6.04 Å². The van der Waals surface area contributed by atoms with Gasteiger partial charge in [-0.3, -0.25) is 0 Å². The van der Waals surface area contributed by atoms with Crippen molar-refractivity contribution in [2.24, 2.45) is 0 Å². The molecule has 1 atom stereocenters. The first-order chi connectivity index (χ1) is 13.9. The van der Waals surface area contributed by atoms with Crippen LogP contribution in [0.25, 0.3) is 22.3 Å². The van der Waals surface area contributed by atoms with Gasteiger partial charge < -0.3 is 19.4 Å². The Morgan fingerprint density at radius 2 is 1.90 bits per heavy atom. The van der Waals surface area contributed by atoms with Crippen LogP contribution in [-0.2, 0) is 4.74 Å². The van der Waals surface area contributed by atoms with Crippen molar-refractivity contribution in [3.63, 3.8) is 0 Å². The van der Waals surface area contributed by atoms with Crippen molar-refractivity contribution >= 4 is 16.9 Å². The second kappa shape index (κ2) is 8.82. The summed E-state index contributed by atoms with van der Waals surface area (Å²) >= 11 is 0. The topological polar surface area (TPSA) is 61.2 Å². The van der Waals surface area contributed by atoms with Crippen molar-refractivity contribution in [3.05, 3.63) is 35.7 Å². The molecule has 0 aliphatic carbocycles. The number of nitrogens with one attached hydrogen (secondary N) is 1. The van der Waals surface area contributed by atoms with Crippen LogP contribution in [0, 0.1) is 6.92 Å². The summed E-state index contributed by atoms with van der Waals surface area (Å²) in [5, 5.41) is 3.40. The van der Waals surface area contributed by atoms with E-state index >= 15 is 0 Å². The molecule has 0 amide bonds. The molecular weight excluding hydrogens is 364 g/mol. The molecule has 3 aromatic rings. The van der Waals surface area contributed by atoms with E-state index in [0.717, 1.165) is 51.7 Å². The minimum Gasteiger partial charge on any atom is -0.494 e. The number of anilines is 1. The maximum Gasteiger partial charge on any atom is 0.147 e. The second-order valence-electron chi connectivity index (χ2n) is 7.75. The van der Waals surface area contributed by atoms with Crippen molar-refractivity contribution in [2.45, 2.75) is 46.6 Å². The van der Waals surface area contributed by atoms with Crippen LogP contribution in [0.4, 0.5) is 5.82 Å². The van der Waals surface area contributed by atoms with Crippen molar-refractivity contribution in [3.8, 4) is 17.0 Å². The number of hydrogen-bond donors (Lipinski definition) is 1. The molecule has 156 valence electrons. The van der Waals surface area contributed by atoms with Crippen LogP contribution in [0.5, 0.6) is 5.75 Å². The molecule has 0 aliphatic heterocycles. The third-order valence-corrected chi connectivity index (χ3v) is 5.16. The maximum absolute atomic E-state index is 5.76. The largest absolute Gasteiger partial charge is 0.494 e. The lowest BCUT2D eigenvalue weighted by molar-refractivity contribution is 0.164. The number of hydrogen-bond acceptors (Lipinski definition) is 5. The average Bonchev–Trinajstić information content (AvgIpc) is 3.03. The third-order valence-electron chi connectivity index (χ3n) is 5.16. The Bertz CT molecular complexity index is 994. The lowest BCUT2D eigenvalue weighted by Crippen LogP contribution is -2.10. The highest BCUT2D eigenvalue weighted by atomic mass is 16.5. The summed E-state index contributed by atoms with van der Waals surface area (Å²) in [7, 11) is 3.41. The molecule has 1 N–H and O–H groups in total. The van der Waals surface area contributed by atoms with Crippen LogP contribution < -0.4 is 10.1 Å². The van der Waals surface area contributed by atoms with Crippen LogP contribution in [0.2, 0.25) is 0 Å². The Hall–Kier alpha value is -2.60. The summed E-state index contributed by atoms with van der Waals surface area (Å²) in [4.78, 5) is 9.88. The van der Waals surface area contributed by atoms with E-state index in [0.29, 0.717) is 12.5 Å². The monoisotopic (exact) mass is 396 g/mol. The zero-order valence-corrected chi connectivity index (χ0v) is 18.5. The Kier molecular flexibility index (Phi) is 6.42. The van der Waals surface area contributed by atoms with Crippen LogP contribution in [0.1, 0.15) is 50.9 Å². The van der Waals surface area contributed by atoms with E-state index in [1.165, 1.54) is 0 Å². The fraction of sp³-hybridized carbons (Fsp3) is 0.478. The first kappa shape index (κ1) is 21.1. The molecule has 0 aromatic carbocycles. The number of aryl methyl sites for hydroxylation is 1. The van der Waals surface area contributed by atoms with Gasteiger partial charge in [-0.25, -0.2) is 9.97 Å². The molecule has 3 heterocycles. The van der Waals surface area contributed by atoms with Crippen LogP contribution in [0.15, 0.2) is 24.4 Å². The highest BCUT2D eigenvalue weighted by molar-refractivity contribution is 5.88. The SMILES string of the molecule is CCNc1nc(C(C)C)ccc1-c1nc2c(C)cn(C(C)COC)c2cc1OC. The van der Waals surface area contributed by atoms with Gasteiger partial charge in [-0.15, -0.1) is 0 Å². The van der Waals surface area contributed by atoms with E-state index in [1.807, 2.05) is 0 Å². The van der Waals surface area contributed by atoms with E-state index in [2.05, 4.69) is 68.9 Å². The number of pyridine rings is 2. The predicted octanol–water partition coefficient (Wildman–Crippen LogP) is 5.18. The Morgan fingerprint density at radius 1 is 1.14 bits per heavy atom. The fourth-order valence-corrected chi connectivity index (χ4v) is 3.64. The summed E-state index contributed by atoms with van der Waals surface area (Å²) in [6.07, 6.45) is 2.13. The molecular formula is C23H32N4O2. The van der Waals surface area contributed by atoms with Gasteiger partial charge in [0.2, 0.25) is 0 Å². The molecule has 0 saturated heterocycles. The molecule has 0 bridgehead atoms. The van der Waals surface area contributed by atoms with Gasteiger partial charge >= 0.3 is 0 Å². The van der Waals surface area contributed by atoms with Gasteiger partial charge in [-0.2, -0.15) is 0 Å². The molecule has 6 nitrogen and oxygen atoms in total. The van der Waals surface area contributed by atoms with Crippen molar-refractivity contribution in [2.75, 3.05) is 32.7 Å². The standard InChI is InChI=1S/C23H32N4O2/c1-8-24-23-17(9-10-18(25-23)14(2)3)22-20(29-7)11-19-21(26-22)15(4)12-27(19)16(5)13-28-6/h9-12,14,16H,8,13H2,1-7H3,(H,24,25). The van der Waals surface area contributed by atoms with Crippen molar-refractivity contribution in [1.82, 2.24) is 14.5 Å². The van der Waals surface area contributed by atoms with E-state index in [9.17, 15) is 0 Å². The quantitative estimate of drug-likeness (QED) is 0.569. The Morgan fingerprint density at radius 3 is 2.52 bits per heavy atom. The Labute approximate surface area is 173 Å². The average molecular weight is 397 g/mol. The highest BCUT2D eigenvalue weighted by Crippen LogP contribution is 2.37. The number of ether oxygens (including phenoxy) is 2. The summed E-state index contributed by atoms with van der Waals surface area (Å²) in [6, 6.07) is 6.45. The van der Waals surface area contributed by atoms with E-state index < -0.39 is 0 Å². The molecule has 6 heteroatoms. The first-order valence-electron chi connectivity index (χ1n) is 10.2. The number of rotatable bonds is 8. The summed E-state index contributed by atoms with van der Waals surface area (Å²) < 4.78 is 13.3. The van der Waals surface area contributed by atoms with Crippen LogP contribution in [-0.4, -0.2) is 41.9 Å². The molecule has 0 saturated carbocycles. The molecule has 3 rings (SSSR count). The van der Waals surface area contributed by atoms with E-state index in [1.54, 1.807) is 14.2 Å². The molecule has 0 aliphatic rings. The first-order valence-corrected chi connectivity index (χ1v) is 10.2. The number of nitrogens with zero attached hydrogens (tertiary/aromatic N) is 3. The molecule has 0 fully saturated rings. The zero-order chi connectivity index (χ0) is 21.1. The third kappa shape index (κ3) is 4.08. The molecule has 0 radical (unpaired) electrons. The van der Waals surface area contributed by atoms with Gasteiger partial charge in [0.05, 0.1) is 30.8 Å². The lowest BCUT2D eigenvalue weighted by atomic mass is 10.1. The summed E-state index contributed by atoms with van der Waals surface area (Å²) in [6.45, 7) is 12.0. The highest BCUT2D eigenvalue weighted by Gasteiger charge is 2.20. The van der Waals surface area contributed by atoms with Crippen LogP contribution >= 0.6 is 0 Å². The summed E-state index contributed by atoms with van der Waals surface area (Å²) in [5.74, 6) is 1.94. The number of fused-ring (bicyclic) bond motifs is 1. The van der Waals surface area contributed by atoms with Gasteiger partial charge in [0.1, 0.15) is 17.3 Å². The normalized spacial score (nSPS) is 12.6. The van der Waals surface area contributed by atoms with Crippen LogP contribution in [0.3, 0.4) is 0 Å². The second-order valence-corrected chi connectivity index (χ2v) is 7.75. The van der Waals surface area contributed by atoms with Gasteiger partial charge in [0.25, 0.3) is 0 Å². The smallest absolute Gasteiger partial charge is 0.147 e. The van der Waals surface area contributed by atoms with E-state index in [4.69, 9.17) is 19.4 Å². The fourth-order valence-electron chi connectivity index (χ4n) is 3.64. The summed E-state index contributed by atoms with van der Waals surface area (Å²) in [5.41, 5.74) is 5.96. The molecule has 0 spiro atoms. The minimum atomic E-state index is 0.206. The molecule has 29 heavy (non-hydrogen) atoms. The van der Waals surface area contributed by atoms with Gasteiger partial charge in [0.15, 0.2) is 0 Å². The van der Waals surface area contributed by atoms with Gasteiger partial charge in [-0.05, 0) is 44.4 Å². The van der Waals surface area contributed by atoms with Gasteiger partial charge in [-0.1, -0.05) is 13.8 Å². The zero-order valence-electron chi connectivity index (χ0n) is 18.5. The minimum absolute atomic E-state index is 0.206.